The van der Waals surface area contributed by atoms with Crippen molar-refractivity contribution in [1.29, 1.82) is 0 Å². The van der Waals surface area contributed by atoms with Crippen molar-refractivity contribution >= 4 is 11.8 Å². The van der Waals surface area contributed by atoms with Crippen LogP contribution in [0.1, 0.15) is 34.1 Å². The minimum atomic E-state index is -1.27. The van der Waals surface area contributed by atoms with Crippen molar-refractivity contribution in [1.82, 2.24) is 0 Å². The summed E-state index contributed by atoms with van der Waals surface area (Å²) in [7, 11) is 0. The highest BCUT2D eigenvalue weighted by Gasteiger charge is 2.74. The quantitative estimate of drug-likeness (QED) is 0.548. The second kappa shape index (κ2) is 4.93. The average molecular weight is 350 g/mol. The second-order valence-electron chi connectivity index (χ2n) is 8.94. The minimum Gasteiger partial charge on any atom is -0.459 e. The molecule has 0 spiro atoms. The summed E-state index contributed by atoms with van der Waals surface area (Å²) in [4.78, 5) is 24.9. The molecule has 0 unspecified atom stereocenters. The van der Waals surface area contributed by atoms with E-state index in [0.717, 1.165) is 5.57 Å². The van der Waals surface area contributed by atoms with Crippen LogP contribution in [0, 0.1) is 34.5 Å². The Morgan fingerprint density at radius 2 is 1.80 bits per heavy atom. The number of fused-ring (bicyclic) bond motifs is 6. The molecule has 6 heteroatoms. The van der Waals surface area contributed by atoms with Crippen molar-refractivity contribution < 1.29 is 29.6 Å². The standard InChI is InChI=1S/C19H26O6/c1-7-5-10(20)16(23)18(3)9(7)6-11(21)19(4)12-8(2)14(25-17(12)24)13(22)15(18)19/h5,8-9,11-16,21-23H,6H2,1-4H3/t8-,9-,11-,12-,13+,14-,15-,16-,18+,19+/m1/s1. The fraction of sp³-hybridized carbons (Fsp3) is 0.789. The zero-order chi connectivity index (χ0) is 18.5. The van der Waals surface area contributed by atoms with E-state index >= 15 is 0 Å². The van der Waals surface area contributed by atoms with Gasteiger partial charge in [-0.15, -0.1) is 0 Å². The first-order valence-electron chi connectivity index (χ1n) is 9.03. The molecule has 0 aromatic heterocycles. The Labute approximate surface area is 146 Å². The fourth-order valence-corrected chi connectivity index (χ4v) is 6.82. The number of ketones is 1. The van der Waals surface area contributed by atoms with E-state index in [0.29, 0.717) is 6.42 Å². The van der Waals surface area contributed by atoms with Crippen LogP contribution in [-0.2, 0) is 14.3 Å². The van der Waals surface area contributed by atoms with Crippen molar-refractivity contribution in [3.05, 3.63) is 11.6 Å². The molecule has 25 heavy (non-hydrogen) atoms. The SMILES string of the molecule is CC1=CC(=O)[C@@H](O)[C@]2(C)[C@H]3[C@@H](O)[C@@H]4OC(=O)[C@@H]([C@H]4C)[C@]3(C)[C@H](O)C[C@H]12. The highest BCUT2D eigenvalue weighted by Crippen LogP contribution is 2.67. The van der Waals surface area contributed by atoms with Gasteiger partial charge in [-0.2, -0.15) is 0 Å². The Bertz CT molecular complexity index is 685. The third kappa shape index (κ3) is 1.76. The van der Waals surface area contributed by atoms with E-state index in [4.69, 9.17) is 4.74 Å². The van der Waals surface area contributed by atoms with Crippen molar-refractivity contribution in [2.75, 3.05) is 0 Å². The zero-order valence-corrected chi connectivity index (χ0v) is 15.0. The predicted octanol–water partition coefficient (Wildman–Crippen LogP) is 0.438. The first-order valence-corrected chi connectivity index (χ1v) is 9.03. The van der Waals surface area contributed by atoms with Crippen LogP contribution in [0.2, 0.25) is 0 Å². The van der Waals surface area contributed by atoms with Crippen LogP contribution in [0.4, 0.5) is 0 Å². The number of aliphatic hydroxyl groups excluding tert-OH is 3. The van der Waals surface area contributed by atoms with E-state index in [1.807, 2.05) is 27.7 Å². The molecule has 3 fully saturated rings. The van der Waals surface area contributed by atoms with E-state index in [1.165, 1.54) is 6.08 Å². The monoisotopic (exact) mass is 350 g/mol. The normalized spacial score (nSPS) is 57.5. The van der Waals surface area contributed by atoms with Crippen molar-refractivity contribution in [2.24, 2.45) is 34.5 Å². The van der Waals surface area contributed by atoms with Crippen LogP contribution in [0.15, 0.2) is 11.6 Å². The summed E-state index contributed by atoms with van der Waals surface area (Å²) in [6.45, 7) is 7.31. The van der Waals surface area contributed by atoms with E-state index < -0.39 is 53.1 Å². The molecule has 0 aromatic carbocycles. The summed E-state index contributed by atoms with van der Waals surface area (Å²) in [6.07, 6.45) is -1.99. The number of esters is 1. The van der Waals surface area contributed by atoms with E-state index in [-0.39, 0.29) is 17.6 Å². The topological polar surface area (TPSA) is 104 Å². The van der Waals surface area contributed by atoms with Crippen LogP contribution in [0.5, 0.6) is 0 Å². The molecule has 0 amide bonds. The molecular formula is C19H26O6. The van der Waals surface area contributed by atoms with Crippen LogP contribution in [0.25, 0.3) is 0 Å². The Kier molecular flexibility index (Phi) is 3.39. The summed E-state index contributed by atoms with van der Waals surface area (Å²) in [5.74, 6) is -2.38. The van der Waals surface area contributed by atoms with E-state index in [1.54, 1.807) is 0 Å². The van der Waals surface area contributed by atoms with Gasteiger partial charge in [0.1, 0.15) is 12.2 Å². The summed E-state index contributed by atoms with van der Waals surface area (Å²) in [5.41, 5.74) is -1.09. The third-order valence-electron chi connectivity index (χ3n) is 7.94. The lowest BCUT2D eigenvalue weighted by Crippen LogP contribution is -2.71. The average Bonchev–Trinajstić information content (AvgIpc) is 2.78. The van der Waals surface area contributed by atoms with Crippen LogP contribution < -0.4 is 0 Å². The van der Waals surface area contributed by atoms with E-state index in [2.05, 4.69) is 0 Å². The van der Waals surface area contributed by atoms with E-state index in [9.17, 15) is 24.9 Å². The van der Waals surface area contributed by atoms with Gasteiger partial charge in [-0.3, -0.25) is 9.59 Å². The number of ether oxygens (including phenoxy) is 1. The zero-order valence-electron chi connectivity index (χ0n) is 15.0. The predicted molar refractivity (Wildman–Crippen MR) is 87.1 cm³/mol. The number of rotatable bonds is 0. The Hall–Kier alpha value is -1.24. The summed E-state index contributed by atoms with van der Waals surface area (Å²) < 4.78 is 5.45. The molecule has 1 saturated heterocycles. The highest BCUT2D eigenvalue weighted by atomic mass is 16.6. The first kappa shape index (κ1) is 17.2. The van der Waals surface area contributed by atoms with Gasteiger partial charge in [0.15, 0.2) is 5.78 Å². The highest BCUT2D eigenvalue weighted by molar-refractivity contribution is 5.96. The van der Waals surface area contributed by atoms with Gasteiger partial charge in [0.05, 0.1) is 18.1 Å². The van der Waals surface area contributed by atoms with Crippen molar-refractivity contribution in [3.63, 3.8) is 0 Å². The Morgan fingerprint density at radius 3 is 2.44 bits per heavy atom. The van der Waals surface area contributed by atoms with Crippen LogP contribution in [-0.4, -0.2) is 51.5 Å². The second-order valence-corrected chi connectivity index (χ2v) is 8.94. The lowest BCUT2D eigenvalue weighted by atomic mass is 9.39. The molecule has 3 aliphatic carbocycles. The van der Waals surface area contributed by atoms with Gasteiger partial charge >= 0.3 is 5.97 Å². The van der Waals surface area contributed by atoms with Gasteiger partial charge in [-0.1, -0.05) is 26.3 Å². The van der Waals surface area contributed by atoms with Crippen LogP contribution in [0.3, 0.4) is 0 Å². The number of hydrogen-bond acceptors (Lipinski definition) is 6. The van der Waals surface area contributed by atoms with Gasteiger partial charge in [-0.05, 0) is 25.3 Å². The molecule has 1 heterocycles. The molecule has 138 valence electrons. The maximum atomic E-state index is 12.5. The Morgan fingerprint density at radius 1 is 1.16 bits per heavy atom. The fourth-order valence-electron chi connectivity index (χ4n) is 6.82. The minimum absolute atomic E-state index is 0.216. The number of aliphatic hydroxyl groups is 3. The molecule has 10 atom stereocenters. The van der Waals surface area contributed by atoms with Crippen molar-refractivity contribution in [2.45, 2.75) is 58.5 Å². The molecule has 2 saturated carbocycles. The van der Waals surface area contributed by atoms with Gasteiger partial charge in [-0.25, -0.2) is 0 Å². The number of carbonyl (C=O) groups is 2. The number of allylic oxidation sites excluding steroid dienone is 1. The molecule has 6 nitrogen and oxygen atoms in total. The number of hydrogen-bond donors (Lipinski definition) is 3. The molecule has 2 bridgehead atoms. The molecule has 1 aliphatic heterocycles. The molecule has 3 N–H and O–H groups in total. The molecule has 4 rings (SSSR count). The molecule has 4 aliphatic rings. The maximum Gasteiger partial charge on any atom is 0.310 e. The van der Waals surface area contributed by atoms with Crippen molar-refractivity contribution in [3.8, 4) is 0 Å². The maximum absolute atomic E-state index is 12.5. The molecular weight excluding hydrogens is 324 g/mol. The lowest BCUT2D eigenvalue weighted by Gasteiger charge is -2.64. The summed E-state index contributed by atoms with van der Waals surface area (Å²) in [6, 6.07) is 0. The lowest BCUT2D eigenvalue weighted by molar-refractivity contribution is -0.243. The summed E-state index contributed by atoms with van der Waals surface area (Å²) in [5, 5.41) is 33.0. The Balaban J connectivity index is 1.94. The molecule has 0 radical (unpaired) electrons. The first-order chi connectivity index (χ1) is 11.6. The van der Waals surface area contributed by atoms with Crippen LogP contribution >= 0.6 is 0 Å². The van der Waals surface area contributed by atoms with Gasteiger partial charge in [0.25, 0.3) is 0 Å². The smallest absolute Gasteiger partial charge is 0.310 e. The third-order valence-corrected chi connectivity index (χ3v) is 7.94. The number of carbonyl (C=O) groups excluding carboxylic acids is 2. The molecule has 0 aromatic rings. The van der Waals surface area contributed by atoms with Gasteiger partial charge in [0.2, 0.25) is 0 Å². The van der Waals surface area contributed by atoms with Gasteiger partial charge < -0.3 is 20.1 Å². The largest absolute Gasteiger partial charge is 0.459 e. The van der Waals surface area contributed by atoms with Gasteiger partial charge in [0, 0.05) is 22.7 Å². The summed E-state index contributed by atoms with van der Waals surface area (Å²) >= 11 is 0.